The van der Waals surface area contributed by atoms with Crippen LogP contribution in [0.4, 0.5) is 11.5 Å². The van der Waals surface area contributed by atoms with Crippen LogP contribution >= 0.6 is 0 Å². The molecule has 0 bridgehead atoms. The topological polar surface area (TPSA) is 78.7 Å². The number of hydrogen-bond donors (Lipinski definition) is 1. The van der Waals surface area contributed by atoms with Crippen molar-refractivity contribution >= 4 is 11.5 Å². The van der Waals surface area contributed by atoms with Gasteiger partial charge in [-0.3, -0.25) is 4.57 Å². The van der Waals surface area contributed by atoms with Crippen LogP contribution in [-0.4, -0.2) is 38.1 Å². The summed E-state index contributed by atoms with van der Waals surface area (Å²) in [7, 11) is 0. The fourth-order valence-electron chi connectivity index (χ4n) is 5.19. The lowest BCUT2D eigenvalue weighted by atomic mass is 10.0. The Bertz CT molecular complexity index is 887. The summed E-state index contributed by atoms with van der Waals surface area (Å²) in [5, 5.41) is 17.8. The molecule has 2 aromatic heterocycles. The highest BCUT2D eigenvalue weighted by Crippen LogP contribution is 2.43. The van der Waals surface area contributed by atoms with Gasteiger partial charge in [0.2, 0.25) is 5.95 Å². The van der Waals surface area contributed by atoms with Gasteiger partial charge in [0.15, 0.2) is 0 Å². The monoisotopic (exact) mass is 380 g/mol. The van der Waals surface area contributed by atoms with Gasteiger partial charge in [-0.1, -0.05) is 19.1 Å². The van der Waals surface area contributed by atoms with Crippen molar-refractivity contribution in [3.8, 4) is 5.95 Å². The second-order valence-electron chi connectivity index (χ2n) is 8.27. The van der Waals surface area contributed by atoms with Crippen molar-refractivity contribution in [1.29, 1.82) is 0 Å². The van der Waals surface area contributed by atoms with Crippen molar-refractivity contribution in [3.05, 3.63) is 41.8 Å². The van der Waals surface area contributed by atoms with E-state index in [2.05, 4.69) is 34.4 Å². The molecule has 0 aromatic carbocycles. The summed E-state index contributed by atoms with van der Waals surface area (Å²) in [6.45, 7) is 2.80. The van der Waals surface area contributed by atoms with Crippen LogP contribution in [0.3, 0.4) is 0 Å². The lowest BCUT2D eigenvalue weighted by Crippen LogP contribution is -2.62. The van der Waals surface area contributed by atoms with E-state index in [9.17, 15) is 5.21 Å². The molecule has 2 aliphatic carbocycles. The molecule has 0 amide bonds. The van der Waals surface area contributed by atoms with E-state index in [1.54, 1.807) is 12.4 Å². The maximum absolute atomic E-state index is 14.3. The van der Waals surface area contributed by atoms with E-state index >= 15 is 0 Å². The van der Waals surface area contributed by atoms with Gasteiger partial charge >= 0.3 is 0 Å². The largest absolute Gasteiger partial charge is 0.626 e. The number of anilines is 1. The van der Waals surface area contributed by atoms with Crippen LogP contribution in [0.25, 0.3) is 5.95 Å². The zero-order chi connectivity index (χ0) is 19.1. The highest BCUT2D eigenvalue weighted by atomic mass is 16.6. The van der Waals surface area contributed by atoms with Gasteiger partial charge in [0.25, 0.3) is 5.82 Å². The van der Waals surface area contributed by atoms with Crippen molar-refractivity contribution < 1.29 is 0 Å². The van der Waals surface area contributed by atoms with E-state index in [0.717, 1.165) is 56.5 Å². The molecule has 28 heavy (non-hydrogen) atoms. The van der Waals surface area contributed by atoms with Crippen LogP contribution in [0.2, 0.25) is 0 Å². The third kappa shape index (κ3) is 2.68. The van der Waals surface area contributed by atoms with Crippen molar-refractivity contribution in [1.82, 2.24) is 24.2 Å². The number of quaternary nitrogens is 1. The van der Waals surface area contributed by atoms with Gasteiger partial charge in [-0.2, -0.15) is 4.98 Å². The first-order chi connectivity index (χ1) is 13.7. The Kier molecular flexibility index (Phi) is 4.44. The molecule has 3 heterocycles. The molecule has 0 radical (unpaired) electrons. The number of hydrogen-bond acceptors (Lipinski definition) is 5. The van der Waals surface area contributed by atoms with Gasteiger partial charge in [-0.25, -0.2) is 9.97 Å². The van der Waals surface area contributed by atoms with E-state index in [4.69, 9.17) is 4.98 Å². The molecule has 3 unspecified atom stereocenters. The third-order valence-corrected chi connectivity index (χ3v) is 6.73. The van der Waals surface area contributed by atoms with Crippen LogP contribution in [0.5, 0.6) is 0 Å². The van der Waals surface area contributed by atoms with E-state index in [0.29, 0.717) is 18.3 Å². The number of fused-ring (bicyclic) bond motifs is 1. The maximum Gasteiger partial charge on any atom is 0.256 e. The Balaban J connectivity index is 1.60. The molecule has 1 saturated carbocycles. The molecule has 7 heteroatoms. The molecule has 2 aromatic rings. The van der Waals surface area contributed by atoms with Gasteiger partial charge in [-0.15, -0.1) is 0 Å². The van der Waals surface area contributed by atoms with E-state index in [1.807, 2.05) is 10.8 Å². The summed E-state index contributed by atoms with van der Waals surface area (Å²) in [4.78, 5) is 14.0. The van der Waals surface area contributed by atoms with Crippen molar-refractivity contribution in [2.24, 2.45) is 0 Å². The average molecular weight is 380 g/mol. The molecule has 3 aliphatic rings. The SMILES string of the molecule is CCC1CNc2cnc(-n3ccnc3C3C=CCC3)nc2[N+]1([O-])C1CCCC1. The maximum atomic E-state index is 14.3. The summed E-state index contributed by atoms with van der Waals surface area (Å²) >= 11 is 0. The summed E-state index contributed by atoms with van der Waals surface area (Å²) in [5.74, 6) is 2.41. The van der Waals surface area contributed by atoms with Crippen LogP contribution in [-0.2, 0) is 0 Å². The Hall–Kier alpha value is -2.25. The normalized spacial score (nSPS) is 29.8. The summed E-state index contributed by atoms with van der Waals surface area (Å²) in [6.07, 6.45) is 17.1. The number of aromatic nitrogens is 4. The number of hydroxylamine groups is 2. The van der Waals surface area contributed by atoms with Gasteiger partial charge < -0.3 is 15.2 Å². The van der Waals surface area contributed by atoms with Crippen molar-refractivity contribution in [2.75, 3.05) is 11.9 Å². The highest BCUT2D eigenvalue weighted by molar-refractivity contribution is 5.67. The Labute approximate surface area is 165 Å². The van der Waals surface area contributed by atoms with Gasteiger partial charge in [0.1, 0.15) is 17.6 Å². The zero-order valence-electron chi connectivity index (χ0n) is 16.4. The predicted molar refractivity (Wildman–Crippen MR) is 110 cm³/mol. The Morgan fingerprint density at radius 3 is 2.86 bits per heavy atom. The molecule has 1 N–H and O–H groups in total. The molecule has 148 valence electrons. The van der Waals surface area contributed by atoms with Gasteiger partial charge in [0.05, 0.1) is 18.8 Å². The number of rotatable bonds is 4. The minimum Gasteiger partial charge on any atom is -0.626 e. The number of allylic oxidation sites excluding steroid dienone is 2. The Morgan fingerprint density at radius 2 is 2.11 bits per heavy atom. The summed E-state index contributed by atoms with van der Waals surface area (Å²) in [5.41, 5.74) is 0.790. The van der Waals surface area contributed by atoms with Gasteiger partial charge in [-0.05, 0) is 32.1 Å². The quantitative estimate of drug-likeness (QED) is 0.492. The molecule has 3 atom stereocenters. The standard InChI is InChI=1S/C21H28N6O/c1-2-16-13-23-18-14-24-21(25-20(18)27(16,28)17-9-5-6-10-17)26-12-11-22-19(26)15-7-3-4-8-15/h3,7,11-12,14-17,23H,2,4-6,8-10,13H2,1H3. The van der Waals surface area contributed by atoms with E-state index in [1.165, 1.54) is 0 Å². The minimum absolute atomic E-state index is 0.00151. The second kappa shape index (κ2) is 6.97. The smallest absolute Gasteiger partial charge is 0.256 e. The fourth-order valence-corrected chi connectivity index (χ4v) is 5.19. The second-order valence-corrected chi connectivity index (χ2v) is 8.27. The molecule has 5 rings (SSSR count). The number of nitrogens with zero attached hydrogens (tertiary/aromatic N) is 5. The average Bonchev–Trinajstić information content (AvgIpc) is 3.50. The lowest BCUT2D eigenvalue weighted by Gasteiger charge is -2.53. The van der Waals surface area contributed by atoms with E-state index < -0.39 is 0 Å². The molecule has 1 aliphatic heterocycles. The van der Waals surface area contributed by atoms with Crippen LogP contribution < -0.4 is 9.96 Å². The molecule has 1 fully saturated rings. The minimum atomic E-state index is -0.304. The summed E-state index contributed by atoms with van der Waals surface area (Å²) < 4.78 is 1.65. The first-order valence-corrected chi connectivity index (χ1v) is 10.6. The molecular weight excluding hydrogens is 352 g/mol. The molecular formula is C21H28N6O. The van der Waals surface area contributed by atoms with E-state index in [-0.39, 0.29) is 22.6 Å². The fraction of sp³-hybridized carbons (Fsp3) is 0.571. The number of nitrogens with one attached hydrogen (secondary N) is 1. The molecule has 0 spiro atoms. The van der Waals surface area contributed by atoms with Crippen molar-refractivity contribution in [2.45, 2.75) is 69.9 Å². The number of imidazole rings is 1. The predicted octanol–water partition coefficient (Wildman–Crippen LogP) is 4.05. The first kappa shape index (κ1) is 17.8. The van der Waals surface area contributed by atoms with Crippen LogP contribution in [0.15, 0.2) is 30.7 Å². The molecule has 0 saturated heterocycles. The van der Waals surface area contributed by atoms with Gasteiger partial charge in [0, 0.05) is 31.2 Å². The van der Waals surface area contributed by atoms with Crippen LogP contribution in [0, 0.1) is 5.21 Å². The van der Waals surface area contributed by atoms with Crippen LogP contribution in [0.1, 0.15) is 63.6 Å². The first-order valence-electron chi connectivity index (χ1n) is 10.6. The van der Waals surface area contributed by atoms with Crippen molar-refractivity contribution in [3.63, 3.8) is 0 Å². The summed E-state index contributed by atoms with van der Waals surface area (Å²) in [6, 6.07) is 0.104. The lowest BCUT2D eigenvalue weighted by molar-refractivity contribution is 0.197. The third-order valence-electron chi connectivity index (χ3n) is 6.73. The Morgan fingerprint density at radius 1 is 1.25 bits per heavy atom. The highest BCUT2D eigenvalue weighted by Gasteiger charge is 2.45. The molecule has 7 nitrogen and oxygen atoms in total. The zero-order valence-corrected chi connectivity index (χ0v) is 16.4.